The number of amides is 1. The lowest BCUT2D eigenvalue weighted by molar-refractivity contribution is -0.116. The highest BCUT2D eigenvalue weighted by Gasteiger charge is 2.16. The van der Waals surface area contributed by atoms with Gasteiger partial charge in [0.25, 0.3) is 0 Å². The van der Waals surface area contributed by atoms with Gasteiger partial charge in [0.1, 0.15) is 5.82 Å². The van der Waals surface area contributed by atoms with E-state index in [1.807, 2.05) is 11.3 Å². The van der Waals surface area contributed by atoms with Crippen molar-refractivity contribution in [3.63, 3.8) is 0 Å². The van der Waals surface area contributed by atoms with E-state index in [9.17, 15) is 9.18 Å². The number of carbonyl (C=O) groups is 1. The second-order valence-corrected chi connectivity index (χ2v) is 6.78. The molecule has 6 heteroatoms. The molecule has 3 N–H and O–H groups in total. The molecule has 122 valence electrons. The number of rotatable bonds is 5. The minimum absolute atomic E-state index is 0.0442. The van der Waals surface area contributed by atoms with Gasteiger partial charge in [-0.1, -0.05) is 0 Å². The lowest BCUT2D eigenvalue weighted by Gasteiger charge is -2.26. The maximum Gasteiger partial charge on any atom is 0.224 e. The standard InChI is InChI=1S/C17H20FN3OS/c18-14-4-3-13(10-15(14)19)20-17(22)2-1-7-21-8-5-16-12(11-21)6-9-23-16/h3-4,6,9-10H,1-2,5,7-8,11,19H2,(H,20,22). The van der Waals surface area contributed by atoms with E-state index in [4.69, 9.17) is 5.73 Å². The van der Waals surface area contributed by atoms with Crippen LogP contribution in [0.1, 0.15) is 23.3 Å². The van der Waals surface area contributed by atoms with Gasteiger partial charge in [0.2, 0.25) is 5.91 Å². The van der Waals surface area contributed by atoms with Crippen LogP contribution in [0.25, 0.3) is 0 Å². The average Bonchev–Trinajstić information content (AvgIpc) is 2.98. The number of benzene rings is 1. The molecule has 0 spiro atoms. The molecule has 0 saturated heterocycles. The molecule has 1 aliphatic heterocycles. The fourth-order valence-electron chi connectivity index (χ4n) is 2.81. The van der Waals surface area contributed by atoms with Gasteiger partial charge in [0.15, 0.2) is 0 Å². The number of fused-ring (bicyclic) bond motifs is 1. The predicted octanol–water partition coefficient (Wildman–Crippen LogP) is 3.25. The first-order valence-corrected chi connectivity index (χ1v) is 8.62. The first-order chi connectivity index (χ1) is 11.1. The number of nitrogen functional groups attached to an aromatic ring is 1. The molecule has 0 saturated carbocycles. The Bertz CT molecular complexity index is 701. The highest BCUT2D eigenvalue weighted by atomic mass is 32.1. The monoisotopic (exact) mass is 333 g/mol. The third-order valence-corrected chi connectivity index (χ3v) is 5.07. The maximum atomic E-state index is 13.1. The van der Waals surface area contributed by atoms with Gasteiger partial charge in [-0.3, -0.25) is 9.69 Å². The maximum absolute atomic E-state index is 13.1. The van der Waals surface area contributed by atoms with Crippen LogP contribution in [0.4, 0.5) is 15.8 Å². The fraction of sp³-hybridized carbons (Fsp3) is 0.353. The smallest absolute Gasteiger partial charge is 0.224 e. The zero-order valence-electron chi connectivity index (χ0n) is 12.8. The van der Waals surface area contributed by atoms with Crippen molar-refractivity contribution >= 4 is 28.6 Å². The Morgan fingerprint density at radius 1 is 1.39 bits per heavy atom. The van der Waals surface area contributed by atoms with E-state index in [-0.39, 0.29) is 11.6 Å². The minimum Gasteiger partial charge on any atom is -0.396 e. The van der Waals surface area contributed by atoms with Crippen molar-refractivity contribution in [3.8, 4) is 0 Å². The van der Waals surface area contributed by atoms with Gasteiger partial charge in [-0.15, -0.1) is 11.3 Å². The largest absolute Gasteiger partial charge is 0.396 e. The van der Waals surface area contributed by atoms with Crippen molar-refractivity contribution < 1.29 is 9.18 Å². The van der Waals surface area contributed by atoms with Crippen molar-refractivity contribution in [2.45, 2.75) is 25.8 Å². The van der Waals surface area contributed by atoms with Crippen molar-refractivity contribution in [1.29, 1.82) is 0 Å². The predicted molar refractivity (Wildman–Crippen MR) is 92.0 cm³/mol. The molecule has 1 aromatic carbocycles. The third-order valence-electron chi connectivity index (χ3n) is 4.04. The minimum atomic E-state index is -0.471. The number of halogens is 1. The molecule has 0 bridgehead atoms. The Morgan fingerprint density at radius 2 is 2.26 bits per heavy atom. The summed E-state index contributed by atoms with van der Waals surface area (Å²) >= 11 is 1.83. The van der Waals surface area contributed by atoms with Crippen molar-refractivity contribution in [1.82, 2.24) is 4.90 Å². The van der Waals surface area contributed by atoms with Crippen LogP contribution in [-0.2, 0) is 17.8 Å². The molecule has 0 aliphatic carbocycles. The second-order valence-electron chi connectivity index (χ2n) is 5.78. The van der Waals surface area contributed by atoms with Crippen molar-refractivity contribution in [3.05, 3.63) is 45.9 Å². The van der Waals surface area contributed by atoms with E-state index in [1.54, 1.807) is 0 Å². The van der Waals surface area contributed by atoms with Gasteiger partial charge in [-0.25, -0.2) is 4.39 Å². The molecular weight excluding hydrogens is 313 g/mol. The normalized spacial score (nSPS) is 14.5. The summed E-state index contributed by atoms with van der Waals surface area (Å²) in [6.45, 7) is 2.95. The molecule has 1 aliphatic rings. The number of nitrogens with zero attached hydrogens (tertiary/aromatic N) is 1. The Balaban J connectivity index is 1.42. The van der Waals surface area contributed by atoms with Crippen molar-refractivity contribution in [2.24, 2.45) is 0 Å². The molecule has 2 aromatic rings. The van der Waals surface area contributed by atoms with Crippen LogP contribution in [0, 0.1) is 5.82 Å². The number of nitrogens with two attached hydrogens (primary N) is 1. The van der Waals surface area contributed by atoms with E-state index in [1.165, 1.54) is 28.6 Å². The van der Waals surface area contributed by atoms with Crippen LogP contribution in [-0.4, -0.2) is 23.9 Å². The summed E-state index contributed by atoms with van der Waals surface area (Å²) in [4.78, 5) is 15.8. The molecule has 1 amide bonds. The molecule has 0 fully saturated rings. The van der Waals surface area contributed by atoms with E-state index in [0.717, 1.165) is 32.5 Å². The topological polar surface area (TPSA) is 58.4 Å². The first-order valence-electron chi connectivity index (χ1n) is 7.74. The number of hydrogen-bond acceptors (Lipinski definition) is 4. The number of hydrogen-bond donors (Lipinski definition) is 2. The van der Waals surface area contributed by atoms with Gasteiger partial charge in [0.05, 0.1) is 5.69 Å². The summed E-state index contributed by atoms with van der Waals surface area (Å²) in [5.41, 5.74) is 7.50. The summed E-state index contributed by atoms with van der Waals surface area (Å²) in [6.07, 6.45) is 2.36. The quantitative estimate of drug-likeness (QED) is 0.826. The summed E-state index contributed by atoms with van der Waals surface area (Å²) in [7, 11) is 0. The summed E-state index contributed by atoms with van der Waals surface area (Å²) < 4.78 is 13.1. The van der Waals surface area contributed by atoms with Crippen LogP contribution in [0.2, 0.25) is 0 Å². The Labute approximate surface area is 139 Å². The molecule has 0 radical (unpaired) electrons. The Kier molecular flexibility index (Phi) is 4.93. The number of nitrogens with one attached hydrogen (secondary N) is 1. The number of carbonyl (C=O) groups excluding carboxylic acids is 1. The van der Waals surface area contributed by atoms with Crippen molar-refractivity contribution in [2.75, 3.05) is 24.1 Å². The van der Waals surface area contributed by atoms with Crippen LogP contribution in [0.15, 0.2) is 29.6 Å². The summed E-state index contributed by atoms with van der Waals surface area (Å²) in [5, 5.41) is 4.91. The highest BCUT2D eigenvalue weighted by molar-refractivity contribution is 7.10. The lowest BCUT2D eigenvalue weighted by Crippen LogP contribution is -2.31. The number of anilines is 2. The van der Waals surface area contributed by atoms with E-state index in [2.05, 4.69) is 21.7 Å². The van der Waals surface area contributed by atoms with Gasteiger partial charge in [-0.05, 0) is 54.6 Å². The molecule has 3 rings (SSSR count). The molecule has 0 unspecified atom stereocenters. The molecule has 0 atom stereocenters. The summed E-state index contributed by atoms with van der Waals surface area (Å²) in [5.74, 6) is -0.537. The van der Waals surface area contributed by atoms with Gasteiger partial charge >= 0.3 is 0 Å². The van der Waals surface area contributed by atoms with Gasteiger partial charge < -0.3 is 11.1 Å². The molecule has 4 nitrogen and oxygen atoms in total. The lowest BCUT2D eigenvalue weighted by atomic mass is 10.1. The SMILES string of the molecule is Nc1cc(NC(=O)CCCN2CCc3sccc3C2)ccc1F. The Morgan fingerprint density at radius 3 is 3.09 bits per heavy atom. The number of thiophene rings is 1. The molecular formula is C17H20FN3OS. The van der Waals surface area contributed by atoms with Crippen LogP contribution in [0.3, 0.4) is 0 Å². The molecule has 1 aromatic heterocycles. The highest BCUT2D eigenvalue weighted by Crippen LogP contribution is 2.24. The Hall–Kier alpha value is -1.92. The zero-order valence-corrected chi connectivity index (χ0v) is 13.7. The van der Waals surface area contributed by atoms with Gasteiger partial charge in [0, 0.05) is 30.1 Å². The van der Waals surface area contributed by atoms with E-state index >= 15 is 0 Å². The van der Waals surface area contributed by atoms with Gasteiger partial charge in [-0.2, -0.15) is 0 Å². The zero-order chi connectivity index (χ0) is 16.2. The van der Waals surface area contributed by atoms with Crippen LogP contribution < -0.4 is 11.1 Å². The van der Waals surface area contributed by atoms with Crippen LogP contribution in [0.5, 0.6) is 0 Å². The average molecular weight is 333 g/mol. The fourth-order valence-corrected chi connectivity index (χ4v) is 3.70. The molecule has 2 heterocycles. The second kappa shape index (κ2) is 7.10. The summed E-state index contributed by atoms with van der Waals surface area (Å²) in [6, 6.07) is 6.41. The molecule has 23 heavy (non-hydrogen) atoms. The third kappa shape index (κ3) is 4.09. The van der Waals surface area contributed by atoms with E-state index < -0.39 is 5.82 Å². The first kappa shape index (κ1) is 16.0. The van der Waals surface area contributed by atoms with Crippen LogP contribution >= 0.6 is 11.3 Å². The van der Waals surface area contributed by atoms with E-state index in [0.29, 0.717) is 12.1 Å².